The third-order valence-corrected chi connectivity index (χ3v) is 5.51. The second-order valence-corrected chi connectivity index (χ2v) is 7.55. The van der Waals surface area contributed by atoms with Crippen molar-refractivity contribution in [3.63, 3.8) is 0 Å². The van der Waals surface area contributed by atoms with Crippen LogP contribution >= 0.6 is 11.8 Å². The van der Waals surface area contributed by atoms with Crippen LogP contribution in [0.15, 0.2) is 59.9 Å². The lowest BCUT2D eigenvalue weighted by Crippen LogP contribution is -2.25. The molecule has 0 aliphatic carbocycles. The topological polar surface area (TPSA) is 73.6 Å². The SMILES string of the molecule is O=C(CCCSc1nc2ccccc2[nH]1)NCCc1c[nH]c2ccccc12. The Balaban J connectivity index is 1.16. The van der Waals surface area contributed by atoms with Crippen molar-refractivity contribution < 1.29 is 4.79 Å². The van der Waals surface area contributed by atoms with Crippen LogP contribution < -0.4 is 5.32 Å². The zero-order valence-corrected chi connectivity index (χ0v) is 15.8. The number of hydrogen-bond donors (Lipinski definition) is 3. The summed E-state index contributed by atoms with van der Waals surface area (Å²) in [4.78, 5) is 23.1. The number of carbonyl (C=O) groups excluding carboxylic acids is 1. The highest BCUT2D eigenvalue weighted by molar-refractivity contribution is 7.99. The van der Waals surface area contributed by atoms with Crippen molar-refractivity contribution in [3.8, 4) is 0 Å². The molecular weight excluding hydrogens is 356 g/mol. The summed E-state index contributed by atoms with van der Waals surface area (Å²) in [5.74, 6) is 0.982. The molecular formula is C21H22N4OS. The van der Waals surface area contributed by atoms with Gasteiger partial charge < -0.3 is 15.3 Å². The molecule has 0 radical (unpaired) electrons. The van der Waals surface area contributed by atoms with Crippen molar-refractivity contribution in [1.29, 1.82) is 0 Å². The lowest BCUT2D eigenvalue weighted by Gasteiger charge is -2.04. The molecule has 2 aromatic carbocycles. The predicted molar refractivity (Wildman–Crippen MR) is 111 cm³/mol. The van der Waals surface area contributed by atoms with Crippen molar-refractivity contribution >= 4 is 39.6 Å². The number of benzene rings is 2. The summed E-state index contributed by atoms with van der Waals surface area (Å²) < 4.78 is 0. The highest BCUT2D eigenvalue weighted by Gasteiger charge is 2.06. The van der Waals surface area contributed by atoms with Gasteiger partial charge in [0.25, 0.3) is 0 Å². The fourth-order valence-electron chi connectivity index (χ4n) is 3.16. The van der Waals surface area contributed by atoms with Crippen molar-refractivity contribution in [3.05, 3.63) is 60.3 Å². The van der Waals surface area contributed by atoms with Crippen LogP contribution in [-0.4, -0.2) is 33.2 Å². The highest BCUT2D eigenvalue weighted by atomic mass is 32.2. The van der Waals surface area contributed by atoms with Crippen LogP contribution in [0, 0.1) is 0 Å². The number of imidazole rings is 1. The zero-order valence-electron chi connectivity index (χ0n) is 15.0. The standard InChI is InChI=1S/C21H22N4OS/c26-20(22-12-11-15-14-23-17-7-2-1-6-16(15)17)10-5-13-27-21-24-18-8-3-4-9-19(18)25-21/h1-4,6-9,14,23H,5,10-13H2,(H,22,26)(H,24,25). The Labute approximate surface area is 162 Å². The predicted octanol–water partition coefficient (Wildman–Crippen LogP) is 4.28. The van der Waals surface area contributed by atoms with E-state index < -0.39 is 0 Å². The minimum absolute atomic E-state index is 0.111. The van der Waals surface area contributed by atoms with Gasteiger partial charge in [-0.05, 0) is 36.6 Å². The largest absolute Gasteiger partial charge is 0.361 e. The number of aromatic nitrogens is 3. The van der Waals surface area contributed by atoms with Crippen molar-refractivity contribution in [2.45, 2.75) is 24.4 Å². The lowest BCUT2D eigenvalue weighted by atomic mass is 10.1. The number of thioether (sulfide) groups is 1. The Kier molecular flexibility index (Phi) is 5.44. The summed E-state index contributed by atoms with van der Waals surface area (Å²) in [5.41, 5.74) is 4.41. The number of amides is 1. The summed E-state index contributed by atoms with van der Waals surface area (Å²) in [6.45, 7) is 0.664. The molecule has 0 spiro atoms. The first-order chi connectivity index (χ1) is 13.3. The van der Waals surface area contributed by atoms with Gasteiger partial charge in [0, 0.05) is 35.8 Å². The second kappa shape index (κ2) is 8.31. The summed E-state index contributed by atoms with van der Waals surface area (Å²) in [6.07, 6.45) is 4.24. The molecule has 0 aliphatic heterocycles. The maximum Gasteiger partial charge on any atom is 0.220 e. The lowest BCUT2D eigenvalue weighted by molar-refractivity contribution is -0.121. The molecule has 0 saturated heterocycles. The number of fused-ring (bicyclic) bond motifs is 2. The molecule has 0 aliphatic rings. The van der Waals surface area contributed by atoms with Gasteiger partial charge in [0.05, 0.1) is 11.0 Å². The van der Waals surface area contributed by atoms with Crippen LogP contribution in [0.1, 0.15) is 18.4 Å². The van der Waals surface area contributed by atoms with E-state index in [9.17, 15) is 4.79 Å². The van der Waals surface area contributed by atoms with E-state index in [1.807, 2.05) is 42.6 Å². The van der Waals surface area contributed by atoms with Crippen molar-refractivity contribution in [1.82, 2.24) is 20.3 Å². The van der Waals surface area contributed by atoms with Gasteiger partial charge in [-0.3, -0.25) is 4.79 Å². The molecule has 0 bridgehead atoms. The van der Waals surface area contributed by atoms with E-state index >= 15 is 0 Å². The monoisotopic (exact) mass is 378 g/mol. The quantitative estimate of drug-likeness (QED) is 0.317. The minimum Gasteiger partial charge on any atom is -0.361 e. The van der Waals surface area contributed by atoms with E-state index in [2.05, 4.69) is 32.4 Å². The molecule has 0 atom stereocenters. The second-order valence-electron chi connectivity index (χ2n) is 6.47. The van der Waals surface area contributed by atoms with Gasteiger partial charge in [-0.15, -0.1) is 0 Å². The fraction of sp³-hybridized carbons (Fsp3) is 0.238. The van der Waals surface area contributed by atoms with Gasteiger partial charge in [-0.25, -0.2) is 4.98 Å². The van der Waals surface area contributed by atoms with Gasteiger partial charge in [0.15, 0.2) is 5.16 Å². The zero-order chi connectivity index (χ0) is 18.5. The van der Waals surface area contributed by atoms with Gasteiger partial charge >= 0.3 is 0 Å². The van der Waals surface area contributed by atoms with Crippen molar-refractivity contribution in [2.24, 2.45) is 0 Å². The number of para-hydroxylation sites is 3. The van der Waals surface area contributed by atoms with Crippen LogP contribution in [0.3, 0.4) is 0 Å². The molecule has 27 heavy (non-hydrogen) atoms. The number of nitrogens with one attached hydrogen (secondary N) is 3. The number of carbonyl (C=O) groups is 1. The summed E-state index contributed by atoms with van der Waals surface area (Å²) >= 11 is 1.66. The van der Waals surface area contributed by atoms with Gasteiger partial charge in [-0.2, -0.15) is 0 Å². The molecule has 0 saturated carbocycles. The number of hydrogen-bond acceptors (Lipinski definition) is 3. The molecule has 2 heterocycles. The van der Waals surface area contributed by atoms with Crippen LogP contribution in [0.5, 0.6) is 0 Å². The maximum atomic E-state index is 12.0. The fourth-order valence-corrected chi connectivity index (χ4v) is 3.99. The van der Waals surface area contributed by atoms with Gasteiger partial charge in [-0.1, -0.05) is 42.1 Å². The molecule has 4 aromatic rings. The highest BCUT2D eigenvalue weighted by Crippen LogP contribution is 2.20. The average Bonchev–Trinajstić information content (AvgIpc) is 3.29. The summed E-state index contributed by atoms with van der Waals surface area (Å²) in [5, 5.41) is 5.16. The van der Waals surface area contributed by atoms with E-state index in [0.29, 0.717) is 13.0 Å². The van der Waals surface area contributed by atoms with E-state index in [1.165, 1.54) is 10.9 Å². The van der Waals surface area contributed by atoms with E-state index in [-0.39, 0.29) is 5.91 Å². The molecule has 4 rings (SSSR count). The molecule has 0 unspecified atom stereocenters. The Morgan fingerprint density at radius 3 is 2.78 bits per heavy atom. The molecule has 0 fully saturated rings. The van der Waals surface area contributed by atoms with Crippen LogP contribution in [0.2, 0.25) is 0 Å². The molecule has 5 nitrogen and oxygen atoms in total. The van der Waals surface area contributed by atoms with Crippen LogP contribution in [0.4, 0.5) is 0 Å². The Hall–Kier alpha value is -2.73. The van der Waals surface area contributed by atoms with Gasteiger partial charge in [0.2, 0.25) is 5.91 Å². The number of nitrogens with zero attached hydrogens (tertiary/aromatic N) is 1. The number of rotatable bonds is 8. The molecule has 138 valence electrons. The smallest absolute Gasteiger partial charge is 0.220 e. The van der Waals surface area contributed by atoms with Crippen LogP contribution in [0.25, 0.3) is 21.9 Å². The third kappa shape index (κ3) is 4.34. The van der Waals surface area contributed by atoms with E-state index in [1.54, 1.807) is 11.8 Å². The van der Waals surface area contributed by atoms with Gasteiger partial charge in [0.1, 0.15) is 0 Å². The Morgan fingerprint density at radius 1 is 1.07 bits per heavy atom. The summed E-state index contributed by atoms with van der Waals surface area (Å²) in [7, 11) is 0. The first kappa shape index (κ1) is 17.7. The molecule has 1 amide bonds. The Bertz CT molecular complexity index is 1020. The first-order valence-electron chi connectivity index (χ1n) is 9.19. The van der Waals surface area contributed by atoms with Crippen molar-refractivity contribution in [2.75, 3.05) is 12.3 Å². The van der Waals surface area contributed by atoms with E-state index in [0.717, 1.165) is 40.3 Å². The normalized spacial score (nSPS) is 11.3. The summed E-state index contributed by atoms with van der Waals surface area (Å²) in [6, 6.07) is 16.2. The number of H-pyrrole nitrogens is 2. The minimum atomic E-state index is 0.111. The average molecular weight is 379 g/mol. The maximum absolute atomic E-state index is 12.0. The molecule has 6 heteroatoms. The Morgan fingerprint density at radius 2 is 1.89 bits per heavy atom. The first-order valence-corrected chi connectivity index (χ1v) is 10.2. The third-order valence-electron chi connectivity index (χ3n) is 4.55. The van der Waals surface area contributed by atoms with E-state index in [4.69, 9.17) is 0 Å². The van der Waals surface area contributed by atoms with Crippen LogP contribution in [-0.2, 0) is 11.2 Å². The molecule has 3 N–H and O–H groups in total. The molecule has 2 aromatic heterocycles. The number of aromatic amines is 2.